The standard InChI is InChI=1S/C22H22Cl2N4O3S/c23-14-1-4-16(5-2-14)27-9-7-22(12-27)8-10-28(13-22)32(30,31)20-17-11-15(24)3-6-18(17)26-19(20)21(25)29/h1-6,11,26H,7-10,12-13H2,(H2,25,29). The van der Waals surface area contributed by atoms with Crippen molar-refractivity contribution >= 4 is 55.7 Å². The highest BCUT2D eigenvalue weighted by molar-refractivity contribution is 7.89. The number of hydrogen-bond donors (Lipinski definition) is 2. The van der Waals surface area contributed by atoms with Gasteiger partial charge in [0, 0.05) is 58.2 Å². The molecule has 32 heavy (non-hydrogen) atoms. The van der Waals surface area contributed by atoms with E-state index in [-0.39, 0.29) is 16.0 Å². The number of halogens is 2. The van der Waals surface area contributed by atoms with Crippen molar-refractivity contribution in [3.63, 3.8) is 0 Å². The SMILES string of the molecule is NC(=O)c1[nH]c2ccc(Cl)cc2c1S(=O)(=O)N1CCC2(CCN(c3ccc(Cl)cc3)C2)C1. The van der Waals surface area contributed by atoms with Crippen LogP contribution < -0.4 is 10.6 Å². The van der Waals surface area contributed by atoms with Crippen LogP contribution in [0.5, 0.6) is 0 Å². The fourth-order valence-corrected chi connectivity index (χ4v) is 7.14. The number of sulfonamides is 1. The van der Waals surface area contributed by atoms with E-state index in [1.807, 2.05) is 24.3 Å². The third kappa shape index (κ3) is 3.55. The Morgan fingerprint density at radius 3 is 2.41 bits per heavy atom. The summed E-state index contributed by atoms with van der Waals surface area (Å²) < 4.78 is 28.9. The fraction of sp³-hybridized carbons (Fsp3) is 0.318. The molecule has 0 bridgehead atoms. The molecule has 168 valence electrons. The Balaban J connectivity index is 1.45. The van der Waals surface area contributed by atoms with Gasteiger partial charge in [-0.25, -0.2) is 8.42 Å². The molecule has 5 rings (SSSR count). The van der Waals surface area contributed by atoms with Gasteiger partial charge in [0.05, 0.1) is 0 Å². The van der Waals surface area contributed by atoms with Crippen LogP contribution in [0.2, 0.25) is 10.0 Å². The Hall–Kier alpha value is -2.26. The van der Waals surface area contributed by atoms with E-state index in [4.69, 9.17) is 28.9 Å². The Labute approximate surface area is 196 Å². The van der Waals surface area contributed by atoms with Crippen LogP contribution in [0.3, 0.4) is 0 Å². The maximum Gasteiger partial charge on any atom is 0.266 e. The zero-order valence-corrected chi connectivity index (χ0v) is 19.5. The second kappa shape index (κ2) is 7.66. The van der Waals surface area contributed by atoms with Gasteiger partial charge in [-0.2, -0.15) is 4.31 Å². The first-order valence-corrected chi connectivity index (χ1v) is 12.5. The van der Waals surface area contributed by atoms with Gasteiger partial charge in [-0.1, -0.05) is 23.2 Å². The molecule has 1 spiro atoms. The number of nitrogens with two attached hydrogens (primary N) is 1. The van der Waals surface area contributed by atoms with Crippen LogP contribution in [0.1, 0.15) is 23.3 Å². The summed E-state index contributed by atoms with van der Waals surface area (Å²) in [6, 6.07) is 12.5. The second-order valence-corrected chi connectivity index (χ2v) is 11.4. The lowest BCUT2D eigenvalue weighted by Crippen LogP contribution is -2.34. The van der Waals surface area contributed by atoms with E-state index in [0.717, 1.165) is 31.6 Å². The van der Waals surface area contributed by atoms with Crippen LogP contribution in [0, 0.1) is 5.41 Å². The van der Waals surface area contributed by atoms with Gasteiger partial charge in [0.25, 0.3) is 5.91 Å². The first-order chi connectivity index (χ1) is 15.2. The van der Waals surface area contributed by atoms with Gasteiger partial charge < -0.3 is 15.6 Å². The lowest BCUT2D eigenvalue weighted by molar-refractivity contribution is 0.0993. The van der Waals surface area contributed by atoms with Gasteiger partial charge in [-0.15, -0.1) is 0 Å². The van der Waals surface area contributed by atoms with Crippen LogP contribution in [0.25, 0.3) is 10.9 Å². The highest BCUT2D eigenvalue weighted by Gasteiger charge is 2.48. The lowest BCUT2D eigenvalue weighted by atomic mass is 9.86. The molecule has 3 N–H and O–H groups in total. The van der Waals surface area contributed by atoms with E-state index < -0.39 is 15.9 Å². The van der Waals surface area contributed by atoms with E-state index in [1.54, 1.807) is 18.2 Å². The van der Waals surface area contributed by atoms with Crippen molar-refractivity contribution in [2.45, 2.75) is 17.7 Å². The minimum absolute atomic E-state index is 0.0906. The topological polar surface area (TPSA) is 99.5 Å². The molecular weight excluding hydrogens is 471 g/mol. The second-order valence-electron chi connectivity index (χ2n) is 8.62. The zero-order chi connectivity index (χ0) is 22.7. The summed E-state index contributed by atoms with van der Waals surface area (Å²) in [6.07, 6.45) is 1.65. The number of amides is 1. The van der Waals surface area contributed by atoms with Gasteiger partial charge in [0.1, 0.15) is 10.6 Å². The molecule has 1 unspecified atom stereocenters. The number of anilines is 1. The predicted molar refractivity (Wildman–Crippen MR) is 126 cm³/mol. The number of H-pyrrole nitrogens is 1. The summed E-state index contributed by atoms with van der Waals surface area (Å²) in [5.41, 5.74) is 6.85. The zero-order valence-electron chi connectivity index (χ0n) is 17.1. The number of nitrogens with one attached hydrogen (secondary N) is 1. The average molecular weight is 493 g/mol. The summed E-state index contributed by atoms with van der Waals surface area (Å²) >= 11 is 12.1. The Morgan fingerprint density at radius 1 is 1.00 bits per heavy atom. The molecule has 1 aromatic heterocycles. The monoisotopic (exact) mass is 492 g/mol. The molecule has 2 aliphatic rings. The van der Waals surface area contributed by atoms with E-state index in [2.05, 4.69) is 9.88 Å². The molecule has 1 amide bonds. The number of nitrogens with zero attached hydrogens (tertiary/aromatic N) is 2. The smallest absolute Gasteiger partial charge is 0.266 e. The van der Waals surface area contributed by atoms with Gasteiger partial charge in [-0.3, -0.25) is 4.79 Å². The average Bonchev–Trinajstić information content (AvgIpc) is 3.46. The minimum atomic E-state index is -3.96. The van der Waals surface area contributed by atoms with Crippen molar-refractivity contribution in [3.8, 4) is 0 Å². The molecule has 3 aromatic rings. The lowest BCUT2D eigenvalue weighted by Gasteiger charge is -2.25. The van der Waals surface area contributed by atoms with Crippen molar-refractivity contribution in [1.82, 2.24) is 9.29 Å². The van der Waals surface area contributed by atoms with Gasteiger partial charge in [0.2, 0.25) is 10.0 Å². The molecule has 10 heteroatoms. The summed E-state index contributed by atoms with van der Waals surface area (Å²) in [7, 11) is -3.96. The molecule has 1 atom stereocenters. The summed E-state index contributed by atoms with van der Waals surface area (Å²) in [4.78, 5) is 17.1. The van der Waals surface area contributed by atoms with Gasteiger partial charge >= 0.3 is 0 Å². The number of primary amides is 1. The fourth-order valence-electron chi connectivity index (χ4n) is 4.95. The number of rotatable bonds is 4. The molecule has 2 fully saturated rings. The summed E-state index contributed by atoms with van der Waals surface area (Å²) in [6.45, 7) is 2.40. The Morgan fingerprint density at radius 2 is 1.69 bits per heavy atom. The Bertz CT molecular complexity index is 1320. The van der Waals surface area contributed by atoms with Crippen LogP contribution >= 0.6 is 23.2 Å². The number of carbonyl (C=O) groups excluding carboxylic acids is 1. The van der Waals surface area contributed by atoms with Crippen molar-refractivity contribution in [1.29, 1.82) is 0 Å². The van der Waals surface area contributed by atoms with Crippen LogP contribution in [0.15, 0.2) is 47.4 Å². The van der Waals surface area contributed by atoms with Crippen molar-refractivity contribution in [3.05, 3.63) is 58.2 Å². The molecule has 2 saturated heterocycles. The molecule has 0 saturated carbocycles. The summed E-state index contributed by atoms with van der Waals surface area (Å²) in [5.74, 6) is -0.820. The van der Waals surface area contributed by atoms with E-state index >= 15 is 0 Å². The maximum atomic E-state index is 13.7. The predicted octanol–water partition coefficient (Wildman–Crippen LogP) is 3.86. The molecule has 7 nitrogen and oxygen atoms in total. The largest absolute Gasteiger partial charge is 0.371 e. The van der Waals surface area contributed by atoms with E-state index in [1.165, 1.54) is 4.31 Å². The number of aromatic amines is 1. The van der Waals surface area contributed by atoms with E-state index in [0.29, 0.717) is 34.0 Å². The van der Waals surface area contributed by atoms with Crippen LogP contribution in [0.4, 0.5) is 5.69 Å². The molecule has 0 aliphatic carbocycles. The number of aromatic nitrogens is 1. The first kappa shape index (κ1) is 21.6. The number of hydrogen-bond acceptors (Lipinski definition) is 4. The molecule has 3 heterocycles. The molecule has 2 aliphatic heterocycles. The van der Waals surface area contributed by atoms with E-state index in [9.17, 15) is 13.2 Å². The molecular formula is C22H22Cl2N4O3S. The number of fused-ring (bicyclic) bond motifs is 1. The number of benzene rings is 2. The Kier molecular flexibility index (Phi) is 5.16. The first-order valence-electron chi connectivity index (χ1n) is 10.3. The highest BCUT2D eigenvalue weighted by Crippen LogP contribution is 2.44. The van der Waals surface area contributed by atoms with Gasteiger partial charge in [0.15, 0.2) is 0 Å². The van der Waals surface area contributed by atoms with Crippen molar-refractivity contribution in [2.75, 3.05) is 31.1 Å². The normalized spacial score (nSPS) is 21.8. The van der Waals surface area contributed by atoms with Crippen LogP contribution in [-0.4, -0.2) is 49.8 Å². The van der Waals surface area contributed by atoms with Crippen molar-refractivity contribution < 1.29 is 13.2 Å². The third-order valence-electron chi connectivity index (χ3n) is 6.59. The number of carbonyl (C=O) groups is 1. The van der Waals surface area contributed by atoms with Crippen LogP contribution in [-0.2, 0) is 10.0 Å². The van der Waals surface area contributed by atoms with Gasteiger partial charge in [-0.05, 0) is 55.3 Å². The van der Waals surface area contributed by atoms with Crippen molar-refractivity contribution in [2.24, 2.45) is 11.1 Å². The summed E-state index contributed by atoms with van der Waals surface area (Å²) in [5, 5.41) is 1.45. The minimum Gasteiger partial charge on any atom is -0.371 e. The third-order valence-corrected chi connectivity index (χ3v) is 9.01. The maximum absolute atomic E-state index is 13.7. The molecule has 0 radical (unpaired) electrons. The highest BCUT2D eigenvalue weighted by atomic mass is 35.5. The quantitative estimate of drug-likeness (QED) is 0.577. The molecule has 2 aromatic carbocycles.